The van der Waals surface area contributed by atoms with E-state index in [-0.39, 0.29) is 38.2 Å². The van der Waals surface area contributed by atoms with Gasteiger partial charge in [0.25, 0.3) is 0 Å². The Kier molecular flexibility index (Phi) is 14.9. The van der Waals surface area contributed by atoms with E-state index in [2.05, 4.69) is 107 Å². The third-order valence-corrected chi connectivity index (χ3v) is 8.28. The summed E-state index contributed by atoms with van der Waals surface area (Å²) >= 11 is 20.2. The van der Waals surface area contributed by atoms with Crippen molar-refractivity contribution in [1.29, 1.82) is 0 Å². The number of nitrogens with zero attached hydrogens (tertiary/aromatic N) is 2. The predicted octanol–water partition coefficient (Wildman–Crippen LogP) is 8.50. The summed E-state index contributed by atoms with van der Waals surface area (Å²) in [5.74, 6) is 0.810. The summed E-state index contributed by atoms with van der Waals surface area (Å²) in [6.07, 6.45) is 0. The normalized spacial score (nSPS) is 12.0. The van der Waals surface area contributed by atoms with Crippen LogP contribution in [0.1, 0.15) is 116 Å². The molecule has 0 atom stereocenters. The van der Waals surface area contributed by atoms with Crippen molar-refractivity contribution in [3.8, 4) is 11.5 Å². The van der Waals surface area contributed by atoms with E-state index in [0.717, 1.165) is 33.4 Å². The molecule has 0 bridgehead atoms. The van der Waals surface area contributed by atoms with Crippen LogP contribution < -0.4 is 0 Å². The molecular formula is C34H52N2NiO2S4. The average molecular weight is 708 g/mol. The minimum absolute atomic E-state index is 0. The minimum Gasteiger partial charge on any atom is -0.507 e. The van der Waals surface area contributed by atoms with Crippen LogP contribution in [0.2, 0.25) is 0 Å². The molecule has 43 heavy (non-hydrogen) atoms. The fourth-order valence-corrected chi connectivity index (χ4v) is 4.79. The fourth-order valence-electron chi connectivity index (χ4n) is 4.53. The Hall–Kier alpha value is -1.25. The number of phenols is 2. The molecule has 2 aromatic rings. The molecule has 0 aliphatic carbocycles. The van der Waals surface area contributed by atoms with E-state index in [1.165, 1.54) is 0 Å². The summed E-state index contributed by atoms with van der Waals surface area (Å²) < 4.78 is 0.912. The van der Waals surface area contributed by atoms with Gasteiger partial charge in [0.15, 0.2) is 0 Å². The monoisotopic (exact) mass is 706 g/mol. The summed E-state index contributed by atoms with van der Waals surface area (Å²) in [6.45, 7) is 26.7. The van der Waals surface area contributed by atoms with Gasteiger partial charge < -0.3 is 69.7 Å². The van der Waals surface area contributed by atoms with Crippen molar-refractivity contribution in [1.82, 2.24) is 9.80 Å². The molecule has 0 radical (unpaired) electrons. The largest absolute Gasteiger partial charge is 2.00 e. The van der Waals surface area contributed by atoms with Gasteiger partial charge in [-0.2, -0.15) is 0 Å². The topological polar surface area (TPSA) is 46.9 Å². The summed E-state index contributed by atoms with van der Waals surface area (Å²) in [5, 5.41) is 21.3. The number of benzene rings is 2. The molecule has 2 N–H and O–H groups in total. The minimum atomic E-state index is -0.118. The molecule has 0 spiro atoms. The zero-order valence-electron chi connectivity index (χ0n) is 28.5. The molecule has 0 amide bonds. The number of hydrogen-bond acceptors (Lipinski definition) is 6. The van der Waals surface area contributed by atoms with E-state index in [0.29, 0.717) is 33.2 Å². The maximum Gasteiger partial charge on any atom is 2.00 e. The SMILES string of the molecule is CN(Cc1cc(C(C)(C)C)c(O)c(C(C)(C)C)c1)C(=S)[S-].CN(Cc1cc(C(C)(C)C)c(O)c(C(C)(C)C)c1)C(=S)[S-].[Ni+2]. The van der Waals surface area contributed by atoms with E-state index in [4.69, 9.17) is 49.7 Å². The van der Waals surface area contributed by atoms with Crippen molar-refractivity contribution in [2.45, 2.75) is 118 Å². The van der Waals surface area contributed by atoms with Crippen LogP contribution in [0.4, 0.5) is 0 Å². The molecule has 0 heterocycles. The van der Waals surface area contributed by atoms with Gasteiger partial charge in [-0.3, -0.25) is 0 Å². The van der Waals surface area contributed by atoms with Crippen LogP contribution in [-0.2, 0) is 76.5 Å². The van der Waals surface area contributed by atoms with E-state index in [1.807, 2.05) is 23.9 Å². The molecule has 0 aliphatic heterocycles. The van der Waals surface area contributed by atoms with E-state index >= 15 is 0 Å². The molecule has 0 saturated heterocycles. The first-order valence-corrected chi connectivity index (χ1v) is 15.9. The van der Waals surface area contributed by atoms with Gasteiger partial charge in [-0.25, -0.2) is 0 Å². The zero-order valence-corrected chi connectivity index (χ0v) is 32.7. The van der Waals surface area contributed by atoms with Crippen molar-refractivity contribution in [2.24, 2.45) is 0 Å². The second kappa shape index (κ2) is 15.4. The van der Waals surface area contributed by atoms with Gasteiger partial charge in [-0.15, -0.1) is 0 Å². The standard InChI is InChI=1S/2C17H27NOS2.Ni/c2*1-16(2,3)12-8-11(10-18(7)15(20)21)9-13(14(12)19)17(4,5)6;/h2*8-9,19H,10H2,1-7H3,(H,20,21);/q;;+2/p-2. The summed E-state index contributed by atoms with van der Waals surface area (Å²) in [4.78, 5) is 3.74. The summed E-state index contributed by atoms with van der Waals surface area (Å²) in [5.41, 5.74) is 5.64. The second-order valence-corrected chi connectivity index (χ2v) is 17.4. The van der Waals surface area contributed by atoms with Gasteiger partial charge in [0.2, 0.25) is 0 Å². The van der Waals surface area contributed by atoms with Gasteiger partial charge >= 0.3 is 16.5 Å². The molecule has 9 heteroatoms. The second-order valence-electron chi connectivity index (χ2n) is 15.3. The van der Waals surface area contributed by atoms with Gasteiger partial charge in [-0.05, 0) is 79.3 Å². The van der Waals surface area contributed by atoms with Gasteiger partial charge in [-0.1, -0.05) is 91.7 Å². The summed E-state index contributed by atoms with van der Waals surface area (Å²) in [7, 11) is 3.80. The van der Waals surface area contributed by atoms with Crippen LogP contribution in [0.3, 0.4) is 0 Å². The molecule has 0 aromatic heterocycles. The number of thiocarbonyl (C=S) groups is 2. The Morgan fingerprint density at radius 2 is 0.744 bits per heavy atom. The van der Waals surface area contributed by atoms with E-state index in [9.17, 15) is 10.2 Å². The number of rotatable bonds is 4. The average Bonchev–Trinajstić information content (AvgIpc) is 2.78. The van der Waals surface area contributed by atoms with Crippen molar-refractivity contribution < 1.29 is 26.7 Å². The maximum atomic E-state index is 10.7. The van der Waals surface area contributed by atoms with Gasteiger partial charge in [0, 0.05) is 27.2 Å². The van der Waals surface area contributed by atoms with Crippen LogP contribution in [0.5, 0.6) is 11.5 Å². The first kappa shape index (κ1) is 41.8. The Bertz CT molecular complexity index is 1110. The Morgan fingerprint density at radius 3 is 0.884 bits per heavy atom. The van der Waals surface area contributed by atoms with E-state index < -0.39 is 0 Å². The van der Waals surface area contributed by atoms with Crippen LogP contribution in [0.15, 0.2) is 24.3 Å². The quantitative estimate of drug-likeness (QED) is 0.187. The van der Waals surface area contributed by atoms with Gasteiger partial charge in [0.1, 0.15) is 11.5 Å². The van der Waals surface area contributed by atoms with Crippen LogP contribution in [0.25, 0.3) is 0 Å². The third kappa shape index (κ3) is 12.2. The fraction of sp³-hybridized carbons (Fsp3) is 0.588. The third-order valence-electron chi connectivity index (χ3n) is 7.03. The molecule has 0 saturated carbocycles. The Balaban J connectivity index is 0.000000802. The molecule has 4 nitrogen and oxygen atoms in total. The molecule has 0 fully saturated rings. The number of aromatic hydroxyl groups is 2. The molecule has 2 aromatic carbocycles. The number of hydrogen-bond donors (Lipinski definition) is 2. The number of phenolic OH excluding ortho intramolecular Hbond substituents is 2. The first-order valence-electron chi connectivity index (χ1n) is 14.3. The Morgan fingerprint density at radius 1 is 0.558 bits per heavy atom. The predicted molar refractivity (Wildman–Crippen MR) is 194 cm³/mol. The van der Waals surface area contributed by atoms with E-state index in [1.54, 1.807) is 0 Å². The van der Waals surface area contributed by atoms with Crippen LogP contribution >= 0.6 is 24.4 Å². The van der Waals surface area contributed by atoms with Crippen LogP contribution in [0, 0.1) is 0 Å². The zero-order chi connectivity index (χ0) is 33.2. The molecule has 0 aliphatic rings. The maximum absolute atomic E-state index is 10.7. The van der Waals surface area contributed by atoms with Crippen LogP contribution in [-0.4, -0.2) is 42.7 Å². The first-order chi connectivity index (χ1) is 18.7. The van der Waals surface area contributed by atoms with Crippen molar-refractivity contribution >= 4 is 58.3 Å². The molecule has 244 valence electrons. The smallest absolute Gasteiger partial charge is 0.507 e. The van der Waals surface area contributed by atoms with Crippen molar-refractivity contribution in [3.05, 3.63) is 57.6 Å². The van der Waals surface area contributed by atoms with Crippen molar-refractivity contribution in [2.75, 3.05) is 14.1 Å². The summed E-state index contributed by atoms with van der Waals surface area (Å²) in [6, 6.07) is 8.26. The molecule has 2 rings (SSSR count). The van der Waals surface area contributed by atoms with Gasteiger partial charge in [0.05, 0.1) is 0 Å². The van der Waals surface area contributed by atoms with Crippen molar-refractivity contribution in [3.63, 3.8) is 0 Å². The molecule has 0 unspecified atom stereocenters. The molecular weight excluding hydrogens is 655 g/mol. The Labute approximate surface area is 294 Å².